The molecular formula is C16H11F3N2O4. The number of alkyl halides is 3. The van der Waals surface area contributed by atoms with Gasteiger partial charge in [0.2, 0.25) is 0 Å². The van der Waals surface area contributed by atoms with Gasteiger partial charge in [-0.25, -0.2) is 0 Å². The van der Waals surface area contributed by atoms with Crippen molar-refractivity contribution in [3.05, 3.63) is 63.7 Å². The van der Waals surface area contributed by atoms with Crippen molar-refractivity contribution in [3.8, 4) is 17.6 Å². The molecule has 0 saturated carbocycles. The van der Waals surface area contributed by atoms with E-state index in [1.165, 1.54) is 12.1 Å². The van der Waals surface area contributed by atoms with E-state index < -0.39 is 28.1 Å². The standard InChI is InChI=1S/C16H11F3N2O4/c17-16(18,19)14-9-12(21(22)23)3-6-15(14)25-8-7-24-13-4-1-11(10-20)2-5-13/h1-6,9H,7-8H2. The van der Waals surface area contributed by atoms with Crippen LogP contribution in [0.3, 0.4) is 0 Å². The van der Waals surface area contributed by atoms with Gasteiger partial charge in [0.05, 0.1) is 16.6 Å². The molecule has 2 rings (SSSR count). The fraction of sp³-hybridized carbons (Fsp3) is 0.188. The van der Waals surface area contributed by atoms with E-state index >= 15 is 0 Å². The molecule has 25 heavy (non-hydrogen) atoms. The van der Waals surface area contributed by atoms with E-state index in [0.29, 0.717) is 17.4 Å². The minimum atomic E-state index is -4.78. The average molecular weight is 352 g/mol. The lowest BCUT2D eigenvalue weighted by molar-refractivity contribution is -0.385. The lowest BCUT2D eigenvalue weighted by Crippen LogP contribution is -2.13. The molecule has 0 aliphatic carbocycles. The van der Waals surface area contributed by atoms with E-state index in [1.54, 1.807) is 12.1 Å². The van der Waals surface area contributed by atoms with Crippen molar-refractivity contribution in [1.82, 2.24) is 0 Å². The summed E-state index contributed by atoms with van der Waals surface area (Å²) < 4.78 is 49.3. The molecule has 2 aromatic carbocycles. The molecule has 0 heterocycles. The quantitative estimate of drug-likeness (QED) is 0.446. The van der Waals surface area contributed by atoms with Crippen molar-refractivity contribution >= 4 is 5.69 Å². The Labute approximate surface area is 140 Å². The number of rotatable bonds is 6. The minimum absolute atomic E-state index is 0.0415. The van der Waals surface area contributed by atoms with Gasteiger partial charge in [0.15, 0.2) is 0 Å². The topological polar surface area (TPSA) is 85.4 Å². The Morgan fingerprint density at radius 1 is 1.08 bits per heavy atom. The highest BCUT2D eigenvalue weighted by Gasteiger charge is 2.36. The van der Waals surface area contributed by atoms with Crippen LogP contribution in [0.25, 0.3) is 0 Å². The molecule has 2 aromatic rings. The molecule has 0 atom stereocenters. The van der Waals surface area contributed by atoms with Gasteiger partial charge in [-0.05, 0) is 30.3 Å². The molecule has 0 fully saturated rings. The van der Waals surface area contributed by atoms with Crippen LogP contribution in [-0.4, -0.2) is 18.1 Å². The van der Waals surface area contributed by atoms with Crippen LogP contribution in [0.15, 0.2) is 42.5 Å². The van der Waals surface area contributed by atoms with Gasteiger partial charge in [0.25, 0.3) is 5.69 Å². The predicted octanol–water partition coefficient (Wildman–Crippen LogP) is 3.94. The molecule has 6 nitrogen and oxygen atoms in total. The highest BCUT2D eigenvalue weighted by atomic mass is 19.4. The fourth-order valence-electron chi connectivity index (χ4n) is 1.92. The lowest BCUT2D eigenvalue weighted by Gasteiger charge is -2.14. The van der Waals surface area contributed by atoms with Gasteiger partial charge < -0.3 is 9.47 Å². The number of halogens is 3. The van der Waals surface area contributed by atoms with Crippen LogP contribution >= 0.6 is 0 Å². The number of ether oxygens (including phenoxy) is 2. The number of hydrogen-bond donors (Lipinski definition) is 0. The van der Waals surface area contributed by atoms with Crippen molar-refractivity contribution in [2.45, 2.75) is 6.18 Å². The van der Waals surface area contributed by atoms with Gasteiger partial charge in [-0.2, -0.15) is 18.4 Å². The first-order valence-electron chi connectivity index (χ1n) is 6.92. The third-order valence-corrected chi connectivity index (χ3v) is 3.07. The molecule has 0 unspecified atom stereocenters. The summed E-state index contributed by atoms with van der Waals surface area (Å²) in [5, 5.41) is 19.3. The average Bonchev–Trinajstić information content (AvgIpc) is 2.58. The van der Waals surface area contributed by atoms with Gasteiger partial charge in [-0.3, -0.25) is 10.1 Å². The lowest BCUT2D eigenvalue weighted by atomic mass is 10.1. The zero-order valence-corrected chi connectivity index (χ0v) is 12.6. The largest absolute Gasteiger partial charge is 0.490 e. The van der Waals surface area contributed by atoms with E-state index in [-0.39, 0.29) is 13.2 Å². The highest BCUT2D eigenvalue weighted by molar-refractivity contribution is 5.45. The SMILES string of the molecule is N#Cc1ccc(OCCOc2ccc([N+](=O)[O-])cc2C(F)(F)F)cc1. The van der Waals surface area contributed by atoms with E-state index in [9.17, 15) is 23.3 Å². The van der Waals surface area contributed by atoms with Crippen LogP contribution in [0.4, 0.5) is 18.9 Å². The van der Waals surface area contributed by atoms with Gasteiger partial charge in [-0.15, -0.1) is 0 Å². The first-order valence-corrected chi connectivity index (χ1v) is 6.92. The molecule has 0 aliphatic heterocycles. The number of nitrogens with zero attached hydrogens (tertiary/aromatic N) is 2. The van der Waals surface area contributed by atoms with E-state index in [1.807, 2.05) is 6.07 Å². The molecule has 0 N–H and O–H groups in total. The zero-order valence-electron chi connectivity index (χ0n) is 12.6. The summed E-state index contributed by atoms with van der Waals surface area (Å²) in [5.74, 6) is -0.0797. The van der Waals surface area contributed by atoms with Crippen LogP contribution < -0.4 is 9.47 Å². The monoisotopic (exact) mass is 352 g/mol. The summed E-state index contributed by atoms with van der Waals surface area (Å²) in [7, 11) is 0. The summed E-state index contributed by atoms with van der Waals surface area (Å²) >= 11 is 0. The maximum Gasteiger partial charge on any atom is 0.420 e. The summed E-state index contributed by atoms with van der Waals surface area (Å²) in [5.41, 5.74) is -1.45. The Hall–Kier alpha value is -3.28. The predicted molar refractivity (Wildman–Crippen MR) is 80.2 cm³/mol. The maximum atomic E-state index is 13.0. The molecule has 130 valence electrons. The Morgan fingerprint density at radius 3 is 2.28 bits per heavy atom. The van der Waals surface area contributed by atoms with Crippen LogP contribution in [0.1, 0.15) is 11.1 Å². The summed E-state index contributed by atoms with van der Waals surface area (Å²) in [6, 6.07) is 10.4. The zero-order chi connectivity index (χ0) is 18.4. The molecule has 0 spiro atoms. The first kappa shape index (κ1) is 18.1. The number of non-ortho nitro benzene ring substituents is 1. The molecular weight excluding hydrogens is 341 g/mol. The third kappa shape index (κ3) is 4.84. The summed E-state index contributed by atoms with van der Waals surface area (Å²) in [6.45, 7) is -0.235. The summed E-state index contributed by atoms with van der Waals surface area (Å²) in [6.07, 6.45) is -4.78. The number of nitro groups is 1. The third-order valence-electron chi connectivity index (χ3n) is 3.07. The molecule has 0 aromatic heterocycles. The minimum Gasteiger partial charge on any atom is -0.490 e. The first-order chi connectivity index (χ1) is 11.8. The maximum absolute atomic E-state index is 13.0. The van der Waals surface area contributed by atoms with Gasteiger partial charge in [-0.1, -0.05) is 0 Å². The second kappa shape index (κ2) is 7.53. The number of benzene rings is 2. The van der Waals surface area contributed by atoms with Crippen LogP contribution in [0.2, 0.25) is 0 Å². The Balaban J connectivity index is 2.00. The fourth-order valence-corrected chi connectivity index (χ4v) is 1.92. The summed E-state index contributed by atoms with van der Waals surface area (Å²) in [4.78, 5) is 9.70. The number of hydrogen-bond acceptors (Lipinski definition) is 5. The van der Waals surface area contributed by atoms with E-state index in [4.69, 9.17) is 14.7 Å². The molecule has 0 amide bonds. The Bertz CT molecular complexity index is 799. The van der Waals surface area contributed by atoms with Crippen molar-refractivity contribution in [3.63, 3.8) is 0 Å². The molecule has 0 radical (unpaired) electrons. The van der Waals surface area contributed by atoms with Gasteiger partial charge in [0.1, 0.15) is 30.3 Å². The van der Waals surface area contributed by atoms with Crippen molar-refractivity contribution in [2.75, 3.05) is 13.2 Å². The molecule has 0 aliphatic rings. The van der Waals surface area contributed by atoms with Gasteiger partial charge >= 0.3 is 6.18 Å². The van der Waals surface area contributed by atoms with Gasteiger partial charge in [0, 0.05) is 12.1 Å². The van der Waals surface area contributed by atoms with Crippen LogP contribution in [0.5, 0.6) is 11.5 Å². The smallest absolute Gasteiger partial charge is 0.420 e. The van der Waals surface area contributed by atoms with E-state index in [0.717, 1.165) is 12.1 Å². The Morgan fingerprint density at radius 2 is 1.72 bits per heavy atom. The Kier molecular flexibility index (Phi) is 5.44. The number of nitro benzene ring substituents is 1. The normalized spacial score (nSPS) is 10.8. The second-order valence-corrected chi connectivity index (χ2v) is 4.77. The highest BCUT2D eigenvalue weighted by Crippen LogP contribution is 2.38. The van der Waals surface area contributed by atoms with Crippen molar-refractivity contribution in [1.29, 1.82) is 5.26 Å². The molecule has 0 saturated heterocycles. The second-order valence-electron chi connectivity index (χ2n) is 4.77. The van der Waals surface area contributed by atoms with E-state index in [2.05, 4.69) is 0 Å². The van der Waals surface area contributed by atoms with Crippen molar-refractivity contribution < 1.29 is 27.6 Å². The number of nitriles is 1. The van der Waals surface area contributed by atoms with Crippen molar-refractivity contribution in [2.24, 2.45) is 0 Å². The molecule has 0 bridgehead atoms. The molecule has 9 heteroatoms. The van der Waals surface area contributed by atoms with Crippen LogP contribution in [0, 0.1) is 21.4 Å². The van der Waals surface area contributed by atoms with Crippen LogP contribution in [-0.2, 0) is 6.18 Å².